The standard InChI is InChI=1S/C20H15N3O5/c1-2-28-20(25)15(12-21)17-14-10-6-7-11-16(14)22(13-8-4-3-5-9-13)19(24)18(17)23(26)27/h3-11,15H,2H2,1H3. The van der Waals surface area contributed by atoms with Crippen LogP contribution in [0.1, 0.15) is 18.4 Å². The Morgan fingerprint density at radius 1 is 1.21 bits per heavy atom. The Morgan fingerprint density at radius 2 is 1.86 bits per heavy atom. The maximum Gasteiger partial charge on any atom is 0.340 e. The van der Waals surface area contributed by atoms with E-state index in [2.05, 4.69) is 0 Å². The van der Waals surface area contributed by atoms with E-state index in [-0.39, 0.29) is 17.6 Å². The van der Waals surface area contributed by atoms with Gasteiger partial charge in [-0.1, -0.05) is 36.4 Å². The van der Waals surface area contributed by atoms with Crippen LogP contribution in [0.2, 0.25) is 0 Å². The molecule has 3 rings (SSSR count). The van der Waals surface area contributed by atoms with Crippen LogP contribution in [-0.2, 0) is 9.53 Å². The highest BCUT2D eigenvalue weighted by molar-refractivity contribution is 5.94. The van der Waals surface area contributed by atoms with Crippen molar-refractivity contribution in [1.29, 1.82) is 5.26 Å². The molecule has 0 bridgehead atoms. The minimum absolute atomic E-state index is 0.00379. The zero-order valence-electron chi connectivity index (χ0n) is 14.9. The first-order valence-corrected chi connectivity index (χ1v) is 8.45. The number of hydrogen-bond donors (Lipinski definition) is 0. The first kappa shape index (κ1) is 18.8. The number of rotatable bonds is 5. The Morgan fingerprint density at radius 3 is 2.46 bits per heavy atom. The smallest absolute Gasteiger partial charge is 0.340 e. The average Bonchev–Trinajstić information content (AvgIpc) is 2.69. The number of nitriles is 1. The number of aromatic nitrogens is 1. The van der Waals surface area contributed by atoms with Crippen LogP contribution in [-0.4, -0.2) is 22.1 Å². The summed E-state index contributed by atoms with van der Waals surface area (Å²) in [6.45, 7) is 1.57. The van der Waals surface area contributed by atoms with Crippen LogP contribution in [0.3, 0.4) is 0 Å². The van der Waals surface area contributed by atoms with E-state index in [0.29, 0.717) is 11.2 Å². The molecule has 28 heavy (non-hydrogen) atoms. The number of para-hydroxylation sites is 2. The van der Waals surface area contributed by atoms with Crippen molar-refractivity contribution in [2.75, 3.05) is 6.61 Å². The Bertz CT molecular complexity index is 1160. The average molecular weight is 377 g/mol. The number of carbonyl (C=O) groups excluding carboxylic acids is 1. The molecular formula is C20H15N3O5. The largest absolute Gasteiger partial charge is 0.465 e. The van der Waals surface area contributed by atoms with Gasteiger partial charge in [-0.25, -0.2) is 0 Å². The van der Waals surface area contributed by atoms with Gasteiger partial charge in [-0.3, -0.25) is 24.3 Å². The monoisotopic (exact) mass is 377 g/mol. The molecule has 1 aromatic heterocycles. The fourth-order valence-electron chi connectivity index (χ4n) is 3.12. The zero-order chi connectivity index (χ0) is 20.3. The van der Waals surface area contributed by atoms with E-state index in [1.807, 2.05) is 0 Å². The lowest BCUT2D eigenvalue weighted by Gasteiger charge is -2.16. The van der Waals surface area contributed by atoms with Gasteiger partial charge in [-0.15, -0.1) is 0 Å². The summed E-state index contributed by atoms with van der Waals surface area (Å²) in [6.07, 6.45) is 0. The van der Waals surface area contributed by atoms with Crippen LogP contribution in [0.25, 0.3) is 16.6 Å². The van der Waals surface area contributed by atoms with E-state index in [0.717, 1.165) is 0 Å². The lowest BCUT2D eigenvalue weighted by molar-refractivity contribution is -0.387. The second kappa shape index (κ2) is 7.72. The van der Waals surface area contributed by atoms with E-state index in [1.54, 1.807) is 67.6 Å². The lowest BCUT2D eigenvalue weighted by Crippen LogP contribution is -2.26. The van der Waals surface area contributed by atoms with Gasteiger partial charge in [0.1, 0.15) is 0 Å². The number of nitro groups is 1. The second-order valence-corrected chi connectivity index (χ2v) is 5.83. The predicted molar refractivity (Wildman–Crippen MR) is 101 cm³/mol. The summed E-state index contributed by atoms with van der Waals surface area (Å²) in [6, 6.07) is 16.6. The van der Waals surface area contributed by atoms with E-state index in [4.69, 9.17) is 4.74 Å². The number of benzene rings is 2. The fourth-order valence-corrected chi connectivity index (χ4v) is 3.12. The van der Waals surface area contributed by atoms with Crippen LogP contribution < -0.4 is 5.56 Å². The maximum atomic E-state index is 13.1. The van der Waals surface area contributed by atoms with Crippen molar-refractivity contribution in [1.82, 2.24) is 4.57 Å². The summed E-state index contributed by atoms with van der Waals surface area (Å²) in [5.41, 5.74) is -1.21. The number of nitrogens with zero attached hydrogens (tertiary/aromatic N) is 3. The summed E-state index contributed by atoms with van der Waals surface area (Å²) >= 11 is 0. The van der Waals surface area contributed by atoms with Gasteiger partial charge >= 0.3 is 17.2 Å². The molecule has 0 N–H and O–H groups in total. The molecule has 0 aliphatic heterocycles. The molecule has 0 amide bonds. The van der Waals surface area contributed by atoms with Crippen molar-refractivity contribution >= 4 is 22.6 Å². The van der Waals surface area contributed by atoms with Crippen molar-refractivity contribution < 1.29 is 14.5 Å². The quantitative estimate of drug-likeness (QED) is 0.383. The summed E-state index contributed by atoms with van der Waals surface area (Å²) < 4.78 is 6.10. The van der Waals surface area contributed by atoms with Gasteiger partial charge in [-0.2, -0.15) is 5.26 Å². The third kappa shape index (κ3) is 3.10. The molecule has 8 nitrogen and oxygen atoms in total. The van der Waals surface area contributed by atoms with Gasteiger partial charge in [0.2, 0.25) is 0 Å². The van der Waals surface area contributed by atoms with Crippen LogP contribution in [0.15, 0.2) is 59.4 Å². The highest BCUT2D eigenvalue weighted by Crippen LogP contribution is 2.33. The molecule has 0 aliphatic carbocycles. The highest BCUT2D eigenvalue weighted by atomic mass is 16.6. The van der Waals surface area contributed by atoms with Crippen LogP contribution in [0.5, 0.6) is 0 Å². The Labute approximate surface area is 159 Å². The molecule has 1 unspecified atom stereocenters. The van der Waals surface area contributed by atoms with E-state index >= 15 is 0 Å². The topological polar surface area (TPSA) is 115 Å². The molecule has 2 aromatic carbocycles. The zero-order valence-corrected chi connectivity index (χ0v) is 14.9. The molecule has 0 spiro atoms. The summed E-state index contributed by atoms with van der Waals surface area (Å²) in [7, 11) is 0. The first-order valence-electron chi connectivity index (χ1n) is 8.45. The van der Waals surface area contributed by atoms with E-state index in [1.165, 1.54) is 4.57 Å². The van der Waals surface area contributed by atoms with Crippen LogP contribution in [0, 0.1) is 21.4 Å². The molecule has 0 aliphatic rings. The minimum atomic E-state index is -1.59. The van der Waals surface area contributed by atoms with Gasteiger partial charge in [0.05, 0.1) is 28.7 Å². The van der Waals surface area contributed by atoms with Gasteiger partial charge in [0, 0.05) is 11.1 Å². The molecule has 0 radical (unpaired) electrons. The fraction of sp³-hybridized carbons (Fsp3) is 0.150. The van der Waals surface area contributed by atoms with Gasteiger partial charge in [-0.05, 0) is 25.1 Å². The molecule has 0 saturated carbocycles. The van der Waals surface area contributed by atoms with Gasteiger partial charge < -0.3 is 4.74 Å². The predicted octanol–water partition coefficient (Wildman–Crippen LogP) is 3.07. The third-order valence-corrected chi connectivity index (χ3v) is 4.23. The summed E-state index contributed by atoms with van der Waals surface area (Å²) in [4.78, 5) is 36.3. The molecule has 140 valence electrons. The number of esters is 1. The van der Waals surface area contributed by atoms with E-state index < -0.39 is 28.1 Å². The molecule has 1 atom stereocenters. The van der Waals surface area contributed by atoms with E-state index in [9.17, 15) is 25.0 Å². The molecule has 0 fully saturated rings. The number of fused-ring (bicyclic) bond motifs is 1. The van der Waals surface area contributed by atoms with Gasteiger partial charge in [0.25, 0.3) is 0 Å². The van der Waals surface area contributed by atoms with Crippen molar-refractivity contribution in [3.63, 3.8) is 0 Å². The molecule has 8 heteroatoms. The molecule has 3 aromatic rings. The van der Waals surface area contributed by atoms with Crippen LogP contribution >= 0.6 is 0 Å². The van der Waals surface area contributed by atoms with Crippen molar-refractivity contribution in [2.45, 2.75) is 12.8 Å². The number of pyridine rings is 1. The Kier molecular flexibility index (Phi) is 5.18. The molecule has 1 heterocycles. The third-order valence-electron chi connectivity index (χ3n) is 4.23. The van der Waals surface area contributed by atoms with Crippen molar-refractivity contribution in [3.8, 4) is 11.8 Å². The number of ether oxygens (including phenoxy) is 1. The lowest BCUT2D eigenvalue weighted by atomic mass is 9.94. The van der Waals surface area contributed by atoms with Crippen molar-refractivity contribution in [2.24, 2.45) is 0 Å². The molecule has 0 saturated heterocycles. The molecular weight excluding hydrogens is 362 g/mol. The maximum absolute atomic E-state index is 13.1. The first-order chi connectivity index (χ1) is 13.5. The SMILES string of the molecule is CCOC(=O)C(C#N)c1c([N+](=O)[O-])c(=O)n(-c2ccccc2)c2ccccc12. The summed E-state index contributed by atoms with van der Waals surface area (Å²) in [5, 5.41) is 21.6. The summed E-state index contributed by atoms with van der Waals surface area (Å²) in [5.74, 6) is -2.53. The van der Waals surface area contributed by atoms with Crippen molar-refractivity contribution in [3.05, 3.63) is 80.6 Å². The highest BCUT2D eigenvalue weighted by Gasteiger charge is 2.35. The Hall–Kier alpha value is -3.99. The Balaban J connectivity index is 2.49. The van der Waals surface area contributed by atoms with Gasteiger partial charge in [0.15, 0.2) is 5.92 Å². The van der Waals surface area contributed by atoms with Crippen LogP contribution in [0.4, 0.5) is 5.69 Å². The second-order valence-electron chi connectivity index (χ2n) is 5.83. The number of carbonyl (C=O) groups is 1. The number of hydrogen-bond acceptors (Lipinski definition) is 6. The normalized spacial score (nSPS) is 11.6. The minimum Gasteiger partial charge on any atom is -0.465 e.